The number of aryl methyl sites for hydroxylation is 2. The first kappa shape index (κ1) is 23.7. The Hall–Kier alpha value is -3.05. The van der Waals surface area contributed by atoms with E-state index in [-0.39, 0.29) is 18.4 Å². The highest BCUT2D eigenvalue weighted by atomic mass is 35.5. The number of nitrogens with one attached hydrogen (secondary N) is 1. The van der Waals surface area contributed by atoms with Crippen LogP contribution >= 0.6 is 12.4 Å². The topological polar surface area (TPSA) is 123 Å². The maximum Gasteiger partial charge on any atom is 0.143 e. The minimum absolute atomic E-state index is 0. The largest absolute Gasteiger partial charge is 0.487 e. The molecule has 1 saturated carbocycles. The Labute approximate surface area is 208 Å². The van der Waals surface area contributed by atoms with E-state index in [1.807, 2.05) is 36.9 Å². The summed E-state index contributed by atoms with van der Waals surface area (Å²) in [7, 11) is 1.86. The second kappa shape index (κ2) is 9.19. The van der Waals surface area contributed by atoms with E-state index < -0.39 is 18.3 Å². The van der Waals surface area contributed by atoms with Crippen LogP contribution in [0.15, 0.2) is 36.9 Å². The van der Waals surface area contributed by atoms with Crippen LogP contribution in [0.4, 0.5) is 0 Å². The summed E-state index contributed by atoms with van der Waals surface area (Å²) in [6.07, 6.45) is 3.93. The molecule has 1 aromatic carbocycles. The van der Waals surface area contributed by atoms with E-state index in [1.54, 1.807) is 10.9 Å². The minimum Gasteiger partial charge on any atom is -0.487 e. The van der Waals surface area contributed by atoms with Gasteiger partial charge in [0.1, 0.15) is 36.0 Å². The van der Waals surface area contributed by atoms with Crippen LogP contribution < -0.4 is 10.1 Å². The van der Waals surface area contributed by atoms with Crippen molar-refractivity contribution in [3.05, 3.63) is 53.7 Å². The van der Waals surface area contributed by atoms with Gasteiger partial charge in [-0.15, -0.1) is 17.5 Å². The molecule has 3 aromatic heterocycles. The number of benzene rings is 1. The third-order valence-electron chi connectivity index (χ3n) is 7.13. The molecule has 6 rings (SSSR count). The predicted octanol–water partition coefficient (Wildman–Crippen LogP) is 1.72. The van der Waals surface area contributed by atoms with Crippen molar-refractivity contribution in [3.63, 3.8) is 0 Å². The number of rotatable bonds is 4. The Morgan fingerprint density at radius 2 is 2.03 bits per heavy atom. The zero-order chi connectivity index (χ0) is 23.4. The second-order valence-corrected chi connectivity index (χ2v) is 9.14. The number of halogens is 1. The van der Waals surface area contributed by atoms with Gasteiger partial charge < -0.3 is 24.8 Å². The van der Waals surface area contributed by atoms with Crippen molar-refractivity contribution in [2.45, 2.75) is 50.7 Å². The lowest BCUT2D eigenvalue weighted by Crippen LogP contribution is -2.35. The third kappa shape index (κ3) is 3.96. The summed E-state index contributed by atoms with van der Waals surface area (Å²) >= 11 is 0. The number of aliphatic hydroxyl groups is 2. The molecule has 0 saturated heterocycles. The van der Waals surface area contributed by atoms with E-state index >= 15 is 0 Å². The van der Waals surface area contributed by atoms with Crippen molar-refractivity contribution in [1.82, 2.24) is 34.8 Å². The van der Waals surface area contributed by atoms with Gasteiger partial charge in [-0.3, -0.25) is 0 Å². The fourth-order valence-corrected chi connectivity index (χ4v) is 5.26. The molecule has 35 heavy (non-hydrogen) atoms. The molecule has 1 aliphatic carbocycles. The summed E-state index contributed by atoms with van der Waals surface area (Å²) in [5.41, 5.74) is 5.79. The smallest absolute Gasteiger partial charge is 0.143 e. The van der Waals surface area contributed by atoms with Crippen molar-refractivity contribution in [3.8, 4) is 17.0 Å². The average molecular weight is 498 g/mol. The molecule has 0 radical (unpaired) electrons. The first-order valence-electron chi connectivity index (χ1n) is 11.5. The lowest BCUT2D eigenvalue weighted by molar-refractivity contribution is -0.0166. The minimum atomic E-state index is -1.03. The van der Waals surface area contributed by atoms with Gasteiger partial charge in [-0.2, -0.15) is 0 Å². The highest BCUT2D eigenvalue weighted by Crippen LogP contribution is 2.39. The molecule has 1 fully saturated rings. The van der Waals surface area contributed by atoms with Crippen LogP contribution in [0.3, 0.4) is 0 Å². The van der Waals surface area contributed by atoms with E-state index in [2.05, 4.69) is 31.7 Å². The van der Waals surface area contributed by atoms with Crippen molar-refractivity contribution in [1.29, 1.82) is 0 Å². The molecule has 184 valence electrons. The van der Waals surface area contributed by atoms with Crippen LogP contribution in [0.2, 0.25) is 0 Å². The molecule has 2 aliphatic rings. The van der Waals surface area contributed by atoms with Gasteiger partial charge in [0.15, 0.2) is 0 Å². The van der Waals surface area contributed by atoms with Crippen LogP contribution in [0.1, 0.15) is 29.3 Å². The Balaban J connectivity index is 0.00000253. The molecule has 0 unspecified atom stereocenters. The zero-order valence-electron chi connectivity index (χ0n) is 19.5. The highest BCUT2D eigenvalue weighted by Gasteiger charge is 2.44. The maximum atomic E-state index is 11.0. The van der Waals surface area contributed by atoms with E-state index in [0.717, 1.165) is 46.5 Å². The van der Waals surface area contributed by atoms with Crippen LogP contribution in [0.5, 0.6) is 5.75 Å². The predicted molar refractivity (Wildman–Crippen MR) is 131 cm³/mol. The Kier molecular flexibility index (Phi) is 6.22. The van der Waals surface area contributed by atoms with Crippen molar-refractivity contribution in [2.75, 3.05) is 6.54 Å². The molecular formula is C24H28ClN7O3. The van der Waals surface area contributed by atoms with Crippen molar-refractivity contribution in [2.24, 2.45) is 7.05 Å². The number of nitrogens with zero attached hydrogens (tertiary/aromatic N) is 6. The van der Waals surface area contributed by atoms with E-state index in [1.165, 1.54) is 11.9 Å². The highest BCUT2D eigenvalue weighted by molar-refractivity contribution is 5.85. The average Bonchev–Trinajstić information content (AvgIpc) is 3.53. The van der Waals surface area contributed by atoms with Gasteiger partial charge in [-0.25, -0.2) is 14.6 Å². The molecule has 3 N–H and O–H groups in total. The van der Waals surface area contributed by atoms with Crippen molar-refractivity contribution >= 4 is 23.4 Å². The van der Waals surface area contributed by atoms with Crippen molar-refractivity contribution < 1.29 is 14.9 Å². The van der Waals surface area contributed by atoms with Gasteiger partial charge in [0.2, 0.25) is 0 Å². The van der Waals surface area contributed by atoms with Gasteiger partial charge in [-0.1, -0.05) is 5.21 Å². The van der Waals surface area contributed by atoms with E-state index in [4.69, 9.17) is 4.74 Å². The summed E-state index contributed by atoms with van der Waals surface area (Å²) in [6.45, 7) is 3.53. The normalized spacial score (nSPS) is 23.8. The van der Waals surface area contributed by atoms with Crippen LogP contribution in [0, 0.1) is 6.92 Å². The molecule has 4 aromatic rings. The van der Waals surface area contributed by atoms with Gasteiger partial charge in [0.05, 0.1) is 23.6 Å². The monoisotopic (exact) mass is 497 g/mol. The first-order chi connectivity index (χ1) is 16.5. The fourth-order valence-electron chi connectivity index (χ4n) is 5.26. The van der Waals surface area contributed by atoms with E-state index in [0.29, 0.717) is 18.7 Å². The summed E-state index contributed by atoms with van der Waals surface area (Å²) in [5.74, 6) is 0.716. The molecule has 4 atom stereocenters. The zero-order valence-corrected chi connectivity index (χ0v) is 20.3. The number of aliphatic hydroxyl groups excluding tert-OH is 2. The number of aromatic nitrogens is 6. The van der Waals surface area contributed by atoms with E-state index in [9.17, 15) is 10.2 Å². The Bertz CT molecular complexity index is 1370. The van der Waals surface area contributed by atoms with Gasteiger partial charge in [-0.05, 0) is 43.7 Å². The maximum absolute atomic E-state index is 11.0. The molecular weight excluding hydrogens is 470 g/mol. The number of hydrogen-bond donors (Lipinski definition) is 3. The molecule has 1 aliphatic heterocycles. The lowest BCUT2D eigenvalue weighted by atomic mass is 9.96. The number of hydrogen-bond acceptors (Lipinski definition) is 8. The summed E-state index contributed by atoms with van der Waals surface area (Å²) < 4.78 is 10.1. The summed E-state index contributed by atoms with van der Waals surface area (Å²) in [6, 6.07) is 5.74. The van der Waals surface area contributed by atoms with Gasteiger partial charge in [0, 0.05) is 42.7 Å². The molecule has 10 nitrogen and oxygen atoms in total. The summed E-state index contributed by atoms with van der Waals surface area (Å²) in [5, 5.41) is 34.3. The molecule has 11 heteroatoms. The standard InChI is InChI=1S/C24H27N7O3.ClH/c1-13-16-4-6-31(24(16)27-12-26-13)18-9-21(23(33)22(18)32)34-20-8-15(19-11-28-29-30(19)2)7-14-3-5-25-10-17(14)20;/h4,6-8,11-12,18,21-23,25,32-33H,3,5,9-10H2,1-2H3;1H/t18-,21+,22+,23-;/m1./s1. The van der Waals surface area contributed by atoms with Crippen LogP contribution in [-0.4, -0.2) is 64.6 Å². The second-order valence-electron chi connectivity index (χ2n) is 9.14. The van der Waals surface area contributed by atoms with Crippen LogP contribution in [-0.2, 0) is 20.0 Å². The summed E-state index contributed by atoms with van der Waals surface area (Å²) in [4.78, 5) is 8.67. The Morgan fingerprint density at radius 3 is 2.83 bits per heavy atom. The molecule has 0 spiro atoms. The number of ether oxygens (including phenoxy) is 1. The molecule has 0 bridgehead atoms. The fraction of sp³-hybridized carbons (Fsp3) is 0.417. The quantitative estimate of drug-likeness (QED) is 0.389. The van der Waals surface area contributed by atoms with Crippen LogP contribution in [0.25, 0.3) is 22.3 Å². The third-order valence-corrected chi connectivity index (χ3v) is 7.13. The molecule has 0 amide bonds. The van der Waals surface area contributed by atoms with Gasteiger partial charge in [0.25, 0.3) is 0 Å². The first-order valence-corrected chi connectivity index (χ1v) is 11.5. The Morgan fingerprint density at radius 1 is 1.17 bits per heavy atom. The lowest BCUT2D eigenvalue weighted by Gasteiger charge is -2.25. The SMILES string of the molecule is Cc1ncnc2c1ccn2[C@@H]1C[C@H](Oc2cc(-c3cnnn3C)cc3c2CNCC3)[C@@H](O)[C@H]1O.Cl. The van der Waals surface area contributed by atoms with Gasteiger partial charge >= 0.3 is 0 Å². The number of fused-ring (bicyclic) bond motifs is 2. The molecule has 4 heterocycles.